The maximum absolute atomic E-state index is 13.0. The van der Waals surface area contributed by atoms with E-state index in [0.29, 0.717) is 41.1 Å². The molecule has 6 nitrogen and oxygen atoms in total. The molecule has 1 aliphatic rings. The molecule has 1 fully saturated rings. The number of ether oxygens (including phenoxy) is 1. The molecule has 1 unspecified atom stereocenters. The quantitative estimate of drug-likeness (QED) is 0.537. The van der Waals surface area contributed by atoms with Crippen LogP contribution in [0, 0.1) is 6.92 Å². The molecule has 2 aromatic carbocycles. The Bertz CT molecular complexity index is 1110. The Morgan fingerprint density at radius 2 is 1.87 bits per heavy atom. The number of hydrogen-bond acceptors (Lipinski definition) is 5. The Hall–Kier alpha value is -2.83. The second-order valence-electron chi connectivity index (χ2n) is 7.50. The summed E-state index contributed by atoms with van der Waals surface area (Å²) in [5, 5.41) is 0.810. The number of halogens is 2. The molecule has 3 aromatic rings. The highest BCUT2D eigenvalue weighted by atomic mass is 35.5. The number of carbonyl (C=O) groups is 1. The van der Waals surface area contributed by atoms with Crippen molar-refractivity contribution in [1.82, 2.24) is 14.9 Å². The summed E-state index contributed by atoms with van der Waals surface area (Å²) in [6.07, 6.45) is 1.50. The van der Waals surface area contributed by atoms with Gasteiger partial charge in [0.25, 0.3) is 5.91 Å². The Kier molecular flexibility index (Phi) is 6.30. The molecule has 0 spiro atoms. The number of benzene rings is 2. The van der Waals surface area contributed by atoms with E-state index in [1.807, 2.05) is 49.1 Å². The first-order valence-electron chi connectivity index (χ1n) is 9.99. The smallest absolute Gasteiger partial charge is 0.254 e. The monoisotopic (exact) mass is 456 g/mol. The zero-order valence-electron chi connectivity index (χ0n) is 17.3. The van der Waals surface area contributed by atoms with E-state index in [1.54, 1.807) is 18.2 Å². The second-order valence-corrected chi connectivity index (χ2v) is 8.32. The van der Waals surface area contributed by atoms with E-state index in [9.17, 15) is 4.79 Å². The second kappa shape index (κ2) is 9.12. The van der Waals surface area contributed by atoms with Gasteiger partial charge in [-0.2, -0.15) is 0 Å². The summed E-state index contributed by atoms with van der Waals surface area (Å²) < 4.78 is 5.94. The first kappa shape index (κ1) is 21.4. The molecule has 1 aliphatic heterocycles. The lowest BCUT2D eigenvalue weighted by Crippen LogP contribution is -2.54. The predicted molar refractivity (Wildman–Crippen MR) is 122 cm³/mol. The molecule has 1 atom stereocenters. The molecule has 0 aliphatic carbocycles. The number of nitrogens with zero attached hydrogens (tertiary/aromatic N) is 4. The number of aromatic nitrogens is 2. The van der Waals surface area contributed by atoms with Crippen molar-refractivity contribution in [2.75, 3.05) is 24.5 Å². The number of anilines is 1. The molecule has 0 N–H and O–H groups in total. The molecule has 4 rings (SSSR count). The molecule has 31 heavy (non-hydrogen) atoms. The van der Waals surface area contributed by atoms with Crippen molar-refractivity contribution < 1.29 is 9.53 Å². The zero-order valence-corrected chi connectivity index (χ0v) is 18.8. The molecule has 1 amide bonds. The third-order valence-corrected chi connectivity index (χ3v) is 6.05. The first-order valence-corrected chi connectivity index (χ1v) is 10.7. The summed E-state index contributed by atoms with van der Waals surface area (Å²) in [6, 6.07) is 14.6. The third-order valence-electron chi connectivity index (χ3n) is 5.31. The first-order chi connectivity index (χ1) is 14.9. The van der Waals surface area contributed by atoms with Gasteiger partial charge in [0.15, 0.2) is 0 Å². The summed E-state index contributed by atoms with van der Waals surface area (Å²) >= 11 is 12.1. The Labute approximate surface area is 191 Å². The van der Waals surface area contributed by atoms with E-state index < -0.39 is 0 Å². The number of aryl methyl sites for hydroxylation is 1. The minimum absolute atomic E-state index is 0.00796. The highest BCUT2D eigenvalue weighted by Gasteiger charge is 2.29. The number of hydrogen-bond donors (Lipinski definition) is 0. The van der Waals surface area contributed by atoms with E-state index in [1.165, 1.54) is 6.33 Å². The van der Waals surface area contributed by atoms with Crippen LogP contribution < -0.4 is 9.64 Å². The molecule has 1 saturated heterocycles. The van der Waals surface area contributed by atoms with Gasteiger partial charge in [0, 0.05) is 37.3 Å². The van der Waals surface area contributed by atoms with Gasteiger partial charge in [0.2, 0.25) is 5.88 Å². The van der Waals surface area contributed by atoms with E-state index in [4.69, 9.17) is 27.9 Å². The van der Waals surface area contributed by atoms with Gasteiger partial charge in [-0.3, -0.25) is 4.79 Å². The number of amides is 1. The van der Waals surface area contributed by atoms with Crippen LogP contribution in [-0.4, -0.2) is 46.5 Å². The Morgan fingerprint density at radius 3 is 2.61 bits per heavy atom. The van der Waals surface area contributed by atoms with Crippen molar-refractivity contribution >= 4 is 34.9 Å². The van der Waals surface area contributed by atoms with E-state index in [0.717, 1.165) is 17.1 Å². The van der Waals surface area contributed by atoms with E-state index in [2.05, 4.69) is 14.9 Å². The van der Waals surface area contributed by atoms with Crippen LogP contribution in [0.3, 0.4) is 0 Å². The minimum Gasteiger partial charge on any atom is -0.439 e. The van der Waals surface area contributed by atoms with Crippen molar-refractivity contribution in [3.05, 3.63) is 76.0 Å². The van der Waals surface area contributed by atoms with Gasteiger partial charge in [0.1, 0.15) is 17.9 Å². The molecule has 8 heteroatoms. The summed E-state index contributed by atoms with van der Waals surface area (Å²) in [7, 11) is 0. The Balaban J connectivity index is 1.45. The number of piperazine rings is 1. The zero-order chi connectivity index (χ0) is 22.0. The highest BCUT2D eigenvalue weighted by Crippen LogP contribution is 2.27. The third kappa shape index (κ3) is 4.75. The van der Waals surface area contributed by atoms with Crippen LogP contribution in [0.1, 0.15) is 22.8 Å². The molecule has 2 heterocycles. The highest BCUT2D eigenvalue weighted by molar-refractivity contribution is 6.42. The standard InChI is InChI=1S/C23H22Cl2N4O2/c1-15-5-3-4-6-20(15)31-22-12-21(26-14-27-22)28-9-10-29(16(2)13-28)23(30)17-7-8-18(24)19(25)11-17/h3-8,11-12,14,16H,9-10,13H2,1-2H3. The lowest BCUT2D eigenvalue weighted by Gasteiger charge is -2.40. The van der Waals surface area contributed by atoms with Gasteiger partial charge in [-0.25, -0.2) is 9.97 Å². The molecule has 0 saturated carbocycles. The van der Waals surface area contributed by atoms with Crippen LogP contribution in [0.2, 0.25) is 10.0 Å². The van der Waals surface area contributed by atoms with Crippen LogP contribution in [-0.2, 0) is 0 Å². The average molecular weight is 457 g/mol. The van der Waals surface area contributed by atoms with Gasteiger partial charge in [0.05, 0.1) is 10.0 Å². The number of rotatable bonds is 4. The van der Waals surface area contributed by atoms with Crippen molar-refractivity contribution in [2.45, 2.75) is 19.9 Å². The van der Waals surface area contributed by atoms with Gasteiger partial charge >= 0.3 is 0 Å². The lowest BCUT2D eigenvalue weighted by molar-refractivity contribution is 0.0673. The van der Waals surface area contributed by atoms with Crippen molar-refractivity contribution in [2.24, 2.45) is 0 Å². The van der Waals surface area contributed by atoms with Crippen LogP contribution >= 0.6 is 23.2 Å². The topological polar surface area (TPSA) is 58.6 Å². The Morgan fingerprint density at radius 1 is 1.06 bits per heavy atom. The van der Waals surface area contributed by atoms with Crippen LogP contribution in [0.25, 0.3) is 0 Å². The van der Waals surface area contributed by atoms with Crippen molar-refractivity contribution in [3.8, 4) is 11.6 Å². The average Bonchev–Trinajstić information content (AvgIpc) is 2.77. The molecule has 1 aromatic heterocycles. The van der Waals surface area contributed by atoms with Gasteiger partial charge in [-0.05, 0) is 43.7 Å². The van der Waals surface area contributed by atoms with Crippen LogP contribution in [0.15, 0.2) is 54.9 Å². The summed E-state index contributed by atoms with van der Waals surface area (Å²) in [4.78, 5) is 25.6. The molecule has 160 valence electrons. The van der Waals surface area contributed by atoms with Crippen LogP contribution in [0.4, 0.5) is 5.82 Å². The SMILES string of the molecule is Cc1ccccc1Oc1cc(N2CCN(C(=O)c3ccc(Cl)c(Cl)c3)C(C)C2)ncn1. The van der Waals surface area contributed by atoms with E-state index in [-0.39, 0.29) is 11.9 Å². The van der Waals surface area contributed by atoms with Gasteiger partial charge in [-0.1, -0.05) is 41.4 Å². The van der Waals surface area contributed by atoms with Gasteiger partial charge in [-0.15, -0.1) is 0 Å². The van der Waals surface area contributed by atoms with Crippen molar-refractivity contribution in [3.63, 3.8) is 0 Å². The number of carbonyl (C=O) groups excluding carboxylic acids is 1. The molecule has 0 radical (unpaired) electrons. The normalized spacial score (nSPS) is 16.3. The summed E-state index contributed by atoms with van der Waals surface area (Å²) in [6.45, 7) is 5.88. The summed E-state index contributed by atoms with van der Waals surface area (Å²) in [5.41, 5.74) is 1.57. The predicted octanol–water partition coefficient (Wildman–Crippen LogP) is 5.24. The fraction of sp³-hybridized carbons (Fsp3) is 0.261. The van der Waals surface area contributed by atoms with Gasteiger partial charge < -0.3 is 14.5 Å². The van der Waals surface area contributed by atoms with Crippen LogP contribution in [0.5, 0.6) is 11.6 Å². The van der Waals surface area contributed by atoms with Crippen molar-refractivity contribution in [1.29, 1.82) is 0 Å². The molecular weight excluding hydrogens is 435 g/mol. The maximum atomic E-state index is 13.0. The largest absolute Gasteiger partial charge is 0.439 e. The maximum Gasteiger partial charge on any atom is 0.254 e. The fourth-order valence-corrected chi connectivity index (χ4v) is 3.90. The fourth-order valence-electron chi connectivity index (χ4n) is 3.60. The summed E-state index contributed by atoms with van der Waals surface area (Å²) in [5.74, 6) is 1.96. The number of para-hydroxylation sites is 1. The van der Waals surface area contributed by atoms with E-state index >= 15 is 0 Å². The molecular formula is C23H22Cl2N4O2. The minimum atomic E-state index is -0.0584. The molecule has 0 bridgehead atoms. The lowest BCUT2D eigenvalue weighted by atomic mass is 10.1.